The van der Waals surface area contributed by atoms with Gasteiger partial charge < -0.3 is 4.74 Å². The van der Waals surface area contributed by atoms with Gasteiger partial charge in [-0.3, -0.25) is 4.21 Å². The first kappa shape index (κ1) is 14.3. The van der Waals surface area contributed by atoms with Crippen LogP contribution in [0.2, 0.25) is 0 Å². The molecule has 2 rings (SSSR count). The number of hydrogen-bond donors (Lipinski definition) is 0. The maximum Gasteiger partial charge on any atom is 0.120 e. The highest BCUT2D eigenvalue weighted by Crippen LogP contribution is 2.13. The Morgan fingerprint density at radius 1 is 1.20 bits per heavy atom. The maximum absolute atomic E-state index is 12.1. The summed E-state index contributed by atoms with van der Waals surface area (Å²) in [4.78, 5) is 0.819. The third-order valence-corrected chi connectivity index (χ3v) is 4.07. The second-order valence-electron chi connectivity index (χ2n) is 4.35. The monoisotopic (exact) mass is 285 g/mol. The summed E-state index contributed by atoms with van der Waals surface area (Å²) in [5.41, 5.74) is 1.65. The lowest BCUT2D eigenvalue weighted by Gasteiger charge is -2.07. The minimum Gasteiger partial charge on any atom is -0.493 e. The number of nitrogens with zero attached hydrogens (tertiary/aromatic N) is 1. The van der Waals surface area contributed by atoms with Gasteiger partial charge in [-0.15, -0.1) is 0 Å². The summed E-state index contributed by atoms with van der Waals surface area (Å²) in [6.07, 6.45) is 0. The van der Waals surface area contributed by atoms with E-state index in [2.05, 4.69) is 6.07 Å². The summed E-state index contributed by atoms with van der Waals surface area (Å²) < 4.78 is 17.6. The summed E-state index contributed by atoms with van der Waals surface area (Å²) in [6, 6.07) is 16.7. The van der Waals surface area contributed by atoms with Gasteiger partial charge in [0.05, 0.1) is 28.2 Å². The smallest absolute Gasteiger partial charge is 0.120 e. The molecule has 1 unspecified atom stereocenters. The highest BCUT2D eigenvalue weighted by Gasteiger charge is 2.04. The van der Waals surface area contributed by atoms with E-state index >= 15 is 0 Å². The van der Waals surface area contributed by atoms with Crippen molar-refractivity contribution in [1.82, 2.24) is 0 Å². The van der Waals surface area contributed by atoms with E-state index in [1.165, 1.54) is 0 Å². The van der Waals surface area contributed by atoms with Gasteiger partial charge in [0.2, 0.25) is 0 Å². The molecule has 4 heteroatoms. The molecule has 0 bridgehead atoms. The Morgan fingerprint density at radius 2 is 2.00 bits per heavy atom. The number of nitriles is 1. The van der Waals surface area contributed by atoms with Gasteiger partial charge in [0, 0.05) is 4.90 Å². The molecular weight excluding hydrogens is 270 g/mol. The number of ether oxygens (including phenoxy) is 1. The first-order chi connectivity index (χ1) is 9.69. The third kappa shape index (κ3) is 3.94. The second-order valence-corrected chi connectivity index (χ2v) is 5.92. The Hall–Kier alpha value is -2.12. The lowest BCUT2D eigenvalue weighted by molar-refractivity contribution is 0.342. The molecule has 0 aliphatic rings. The van der Waals surface area contributed by atoms with E-state index in [4.69, 9.17) is 10.00 Å². The number of aryl methyl sites for hydroxylation is 1. The van der Waals surface area contributed by atoms with Gasteiger partial charge in [0.1, 0.15) is 12.4 Å². The zero-order valence-electron chi connectivity index (χ0n) is 11.2. The van der Waals surface area contributed by atoms with Crippen LogP contribution in [0.15, 0.2) is 53.4 Å². The molecule has 0 saturated carbocycles. The highest BCUT2D eigenvalue weighted by molar-refractivity contribution is 7.85. The van der Waals surface area contributed by atoms with E-state index in [1.807, 2.05) is 31.2 Å². The lowest BCUT2D eigenvalue weighted by atomic mass is 10.2. The molecule has 0 aliphatic heterocycles. The maximum atomic E-state index is 12.1. The molecular formula is C16H15NO2S. The number of rotatable bonds is 5. The zero-order valence-corrected chi connectivity index (χ0v) is 12.0. The van der Waals surface area contributed by atoms with Gasteiger partial charge in [-0.2, -0.15) is 5.26 Å². The molecule has 3 nitrogen and oxygen atoms in total. The summed E-state index contributed by atoms with van der Waals surface area (Å²) in [7, 11) is -1.06. The van der Waals surface area contributed by atoms with Gasteiger partial charge in [-0.25, -0.2) is 0 Å². The average Bonchev–Trinajstić information content (AvgIpc) is 2.47. The fourth-order valence-electron chi connectivity index (χ4n) is 1.77. The van der Waals surface area contributed by atoms with Crippen molar-refractivity contribution in [3.63, 3.8) is 0 Å². The lowest BCUT2D eigenvalue weighted by Crippen LogP contribution is -2.08. The first-order valence-corrected chi connectivity index (χ1v) is 7.59. The zero-order chi connectivity index (χ0) is 14.4. The van der Waals surface area contributed by atoms with Crippen LogP contribution >= 0.6 is 0 Å². The van der Waals surface area contributed by atoms with Crippen LogP contribution in [-0.2, 0) is 10.8 Å². The van der Waals surface area contributed by atoms with Gasteiger partial charge in [0.25, 0.3) is 0 Å². The summed E-state index contributed by atoms with van der Waals surface area (Å²) in [5, 5.41) is 8.80. The van der Waals surface area contributed by atoms with Crippen LogP contribution in [0.4, 0.5) is 0 Å². The van der Waals surface area contributed by atoms with Crippen LogP contribution in [0.3, 0.4) is 0 Å². The standard InChI is InChI=1S/C16H15NO2S/c1-13-4-2-7-16(10-13)20(18)9-8-19-15-6-3-5-14(11-15)12-17/h2-7,10-11H,8-9H2,1H3. The molecule has 0 aliphatic carbocycles. The molecule has 0 saturated heterocycles. The fraction of sp³-hybridized carbons (Fsp3) is 0.188. The van der Waals surface area contributed by atoms with E-state index in [0.717, 1.165) is 10.5 Å². The van der Waals surface area contributed by atoms with E-state index in [9.17, 15) is 4.21 Å². The Balaban J connectivity index is 1.90. The minimum absolute atomic E-state index is 0.357. The molecule has 2 aromatic carbocycles. The van der Waals surface area contributed by atoms with Gasteiger partial charge in [0.15, 0.2) is 0 Å². The van der Waals surface area contributed by atoms with Crippen molar-refractivity contribution < 1.29 is 8.95 Å². The van der Waals surface area contributed by atoms with E-state index in [-0.39, 0.29) is 0 Å². The predicted octanol–water partition coefficient (Wildman–Crippen LogP) is 3.05. The van der Waals surface area contributed by atoms with Crippen LogP contribution in [0.1, 0.15) is 11.1 Å². The topological polar surface area (TPSA) is 50.1 Å². The second kappa shape index (κ2) is 6.88. The van der Waals surface area contributed by atoms with Crippen molar-refractivity contribution in [2.24, 2.45) is 0 Å². The van der Waals surface area contributed by atoms with Crippen LogP contribution in [0, 0.1) is 18.3 Å². The Labute approximate surface area is 121 Å². The summed E-state index contributed by atoms with van der Waals surface area (Å²) in [5.74, 6) is 1.06. The molecule has 2 aromatic rings. The molecule has 20 heavy (non-hydrogen) atoms. The molecule has 0 amide bonds. The van der Waals surface area contributed by atoms with Crippen molar-refractivity contribution in [1.29, 1.82) is 5.26 Å². The van der Waals surface area contributed by atoms with Crippen LogP contribution < -0.4 is 4.74 Å². The van der Waals surface area contributed by atoms with Gasteiger partial charge >= 0.3 is 0 Å². The Morgan fingerprint density at radius 3 is 2.75 bits per heavy atom. The SMILES string of the molecule is Cc1cccc(S(=O)CCOc2cccc(C#N)c2)c1. The molecule has 0 spiro atoms. The molecule has 0 N–H and O–H groups in total. The van der Waals surface area contributed by atoms with Gasteiger partial charge in [-0.1, -0.05) is 18.2 Å². The molecule has 0 radical (unpaired) electrons. The molecule has 1 atom stereocenters. The van der Waals surface area contributed by atoms with E-state index < -0.39 is 10.8 Å². The van der Waals surface area contributed by atoms with Gasteiger partial charge in [-0.05, 0) is 42.8 Å². The van der Waals surface area contributed by atoms with Crippen molar-refractivity contribution in [3.05, 3.63) is 59.7 Å². The van der Waals surface area contributed by atoms with Crippen molar-refractivity contribution in [3.8, 4) is 11.8 Å². The minimum atomic E-state index is -1.06. The third-order valence-electron chi connectivity index (χ3n) is 2.75. The molecule has 0 fully saturated rings. The van der Waals surface area contributed by atoms with E-state index in [1.54, 1.807) is 24.3 Å². The quantitative estimate of drug-likeness (QED) is 0.848. The predicted molar refractivity (Wildman–Crippen MR) is 79.1 cm³/mol. The van der Waals surface area contributed by atoms with Crippen LogP contribution in [0.5, 0.6) is 5.75 Å². The number of hydrogen-bond acceptors (Lipinski definition) is 3. The molecule has 102 valence electrons. The van der Waals surface area contributed by atoms with Crippen molar-refractivity contribution in [2.75, 3.05) is 12.4 Å². The Bertz CT molecular complexity index is 662. The number of benzene rings is 2. The average molecular weight is 285 g/mol. The molecule has 0 aromatic heterocycles. The highest BCUT2D eigenvalue weighted by atomic mass is 32.2. The summed E-state index contributed by atoms with van der Waals surface area (Å²) >= 11 is 0. The largest absolute Gasteiger partial charge is 0.493 e. The van der Waals surface area contributed by atoms with Crippen LogP contribution in [0.25, 0.3) is 0 Å². The Kier molecular flexibility index (Phi) is 4.91. The first-order valence-electron chi connectivity index (χ1n) is 6.27. The fourth-order valence-corrected chi connectivity index (χ4v) is 2.78. The van der Waals surface area contributed by atoms with E-state index in [0.29, 0.717) is 23.7 Å². The van der Waals surface area contributed by atoms with Crippen LogP contribution in [-0.4, -0.2) is 16.6 Å². The normalized spacial score (nSPS) is 11.6. The summed E-state index contributed by atoms with van der Waals surface area (Å²) in [6.45, 7) is 2.33. The van der Waals surface area contributed by atoms with Crippen molar-refractivity contribution in [2.45, 2.75) is 11.8 Å². The van der Waals surface area contributed by atoms with Crippen molar-refractivity contribution >= 4 is 10.8 Å². The molecule has 0 heterocycles.